The maximum atomic E-state index is 4.69. The Kier molecular flexibility index (Phi) is 5.10. The average Bonchev–Trinajstić information content (AvgIpc) is 2.71. The Balaban J connectivity index is 1.44. The number of nitrogens with one attached hydrogen (secondary N) is 1. The van der Waals surface area contributed by atoms with Crippen LogP contribution in [0.4, 0.5) is 23.1 Å². The second-order valence-corrected chi connectivity index (χ2v) is 7.40. The summed E-state index contributed by atoms with van der Waals surface area (Å²) in [7, 11) is 0. The van der Waals surface area contributed by atoms with Crippen LogP contribution in [0.15, 0.2) is 48.7 Å². The van der Waals surface area contributed by atoms with Gasteiger partial charge in [0.05, 0.1) is 6.20 Å². The molecular formula is C22H26N6. The molecule has 4 rings (SSSR count). The Labute approximate surface area is 166 Å². The fraction of sp³-hybridized carbons (Fsp3) is 0.318. The Morgan fingerprint density at radius 2 is 1.61 bits per heavy atom. The summed E-state index contributed by atoms with van der Waals surface area (Å²) in [5.41, 5.74) is 6.05. The van der Waals surface area contributed by atoms with Gasteiger partial charge in [0.25, 0.3) is 0 Å². The summed E-state index contributed by atoms with van der Waals surface area (Å²) in [6, 6.07) is 15.0. The van der Waals surface area contributed by atoms with Crippen LogP contribution in [-0.4, -0.2) is 41.4 Å². The van der Waals surface area contributed by atoms with Crippen molar-refractivity contribution in [3.63, 3.8) is 0 Å². The highest BCUT2D eigenvalue weighted by Crippen LogP contribution is 2.22. The molecule has 1 fully saturated rings. The molecule has 0 aliphatic carbocycles. The monoisotopic (exact) mass is 374 g/mol. The molecule has 0 saturated carbocycles. The quantitative estimate of drug-likeness (QED) is 0.748. The van der Waals surface area contributed by atoms with Gasteiger partial charge in [-0.25, -0.2) is 0 Å². The van der Waals surface area contributed by atoms with Gasteiger partial charge in [-0.1, -0.05) is 29.8 Å². The molecule has 0 unspecified atom stereocenters. The van der Waals surface area contributed by atoms with Crippen LogP contribution in [0.25, 0.3) is 0 Å². The molecular weight excluding hydrogens is 348 g/mol. The van der Waals surface area contributed by atoms with Gasteiger partial charge >= 0.3 is 0 Å². The molecule has 28 heavy (non-hydrogen) atoms. The fourth-order valence-corrected chi connectivity index (χ4v) is 3.57. The summed E-state index contributed by atoms with van der Waals surface area (Å²) in [6.07, 6.45) is 1.67. The van der Waals surface area contributed by atoms with Gasteiger partial charge in [0.15, 0.2) is 5.82 Å². The average molecular weight is 374 g/mol. The van der Waals surface area contributed by atoms with Crippen molar-refractivity contribution in [3.05, 3.63) is 65.4 Å². The number of nitrogens with zero attached hydrogens (tertiary/aromatic N) is 5. The largest absolute Gasteiger partial charge is 0.368 e. The molecule has 1 saturated heterocycles. The van der Waals surface area contributed by atoms with Crippen molar-refractivity contribution in [2.24, 2.45) is 0 Å². The van der Waals surface area contributed by atoms with Gasteiger partial charge in [-0.2, -0.15) is 10.1 Å². The Bertz CT molecular complexity index is 963. The number of aryl methyl sites for hydroxylation is 3. The first-order valence-electron chi connectivity index (χ1n) is 9.69. The van der Waals surface area contributed by atoms with Gasteiger partial charge in [0.2, 0.25) is 5.95 Å². The lowest BCUT2D eigenvalue weighted by molar-refractivity contribution is 0.635. The van der Waals surface area contributed by atoms with E-state index in [1.54, 1.807) is 6.20 Å². The van der Waals surface area contributed by atoms with Crippen molar-refractivity contribution >= 4 is 23.1 Å². The van der Waals surface area contributed by atoms with E-state index < -0.39 is 0 Å². The van der Waals surface area contributed by atoms with Crippen molar-refractivity contribution in [1.29, 1.82) is 0 Å². The molecule has 0 atom stereocenters. The molecule has 2 aromatic carbocycles. The van der Waals surface area contributed by atoms with Crippen LogP contribution in [0.1, 0.15) is 16.7 Å². The zero-order valence-corrected chi connectivity index (χ0v) is 16.7. The number of benzene rings is 2. The Morgan fingerprint density at radius 3 is 2.36 bits per heavy atom. The van der Waals surface area contributed by atoms with E-state index in [1.165, 1.54) is 22.4 Å². The zero-order valence-electron chi connectivity index (χ0n) is 16.7. The molecule has 1 aliphatic rings. The third-order valence-corrected chi connectivity index (χ3v) is 5.12. The van der Waals surface area contributed by atoms with E-state index >= 15 is 0 Å². The molecule has 0 radical (unpaired) electrons. The van der Waals surface area contributed by atoms with Crippen LogP contribution >= 0.6 is 0 Å². The Morgan fingerprint density at radius 1 is 0.857 bits per heavy atom. The summed E-state index contributed by atoms with van der Waals surface area (Å²) in [5.74, 6) is 1.40. The number of anilines is 4. The predicted octanol–water partition coefficient (Wildman–Crippen LogP) is 3.87. The topological polar surface area (TPSA) is 57.2 Å². The Hall–Kier alpha value is -3.15. The van der Waals surface area contributed by atoms with Crippen molar-refractivity contribution in [3.8, 4) is 0 Å². The third kappa shape index (κ3) is 4.06. The highest BCUT2D eigenvalue weighted by Gasteiger charge is 2.20. The van der Waals surface area contributed by atoms with E-state index in [1.807, 2.05) is 0 Å². The molecule has 2 heterocycles. The van der Waals surface area contributed by atoms with Gasteiger partial charge in [0, 0.05) is 37.6 Å². The molecule has 1 aromatic heterocycles. The summed E-state index contributed by atoms with van der Waals surface area (Å²) in [4.78, 5) is 9.30. The van der Waals surface area contributed by atoms with Crippen molar-refractivity contribution in [1.82, 2.24) is 15.2 Å². The zero-order chi connectivity index (χ0) is 19.5. The minimum Gasteiger partial charge on any atom is -0.368 e. The normalized spacial score (nSPS) is 14.2. The minimum absolute atomic E-state index is 0.679. The van der Waals surface area contributed by atoms with Gasteiger partial charge in [-0.05, 0) is 50.1 Å². The first-order valence-corrected chi connectivity index (χ1v) is 9.69. The maximum absolute atomic E-state index is 4.69. The van der Waals surface area contributed by atoms with Crippen molar-refractivity contribution in [2.45, 2.75) is 20.8 Å². The van der Waals surface area contributed by atoms with Crippen LogP contribution in [0, 0.1) is 20.8 Å². The van der Waals surface area contributed by atoms with Crippen LogP contribution in [0.2, 0.25) is 0 Å². The van der Waals surface area contributed by atoms with Gasteiger partial charge in [-0.15, -0.1) is 5.10 Å². The van der Waals surface area contributed by atoms with Gasteiger partial charge in [0.1, 0.15) is 0 Å². The fourth-order valence-electron chi connectivity index (χ4n) is 3.57. The number of hydrogen-bond acceptors (Lipinski definition) is 6. The van der Waals surface area contributed by atoms with E-state index in [9.17, 15) is 0 Å². The molecule has 1 aliphatic heterocycles. The van der Waals surface area contributed by atoms with Crippen LogP contribution in [0.5, 0.6) is 0 Å². The number of aromatic nitrogens is 3. The van der Waals surface area contributed by atoms with Crippen molar-refractivity contribution in [2.75, 3.05) is 41.3 Å². The van der Waals surface area contributed by atoms with Crippen LogP contribution < -0.4 is 15.1 Å². The maximum Gasteiger partial charge on any atom is 0.247 e. The number of rotatable bonds is 4. The van der Waals surface area contributed by atoms with E-state index in [0.29, 0.717) is 5.95 Å². The molecule has 0 bridgehead atoms. The lowest BCUT2D eigenvalue weighted by atomic mass is 10.1. The smallest absolute Gasteiger partial charge is 0.247 e. The molecule has 144 valence electrons. The minimum atomic E-state index is 0.679. The second kappa shape index (κ2) is 7.84. The van der Waals surface area contributed by atoms with E-state index in [-0.39, 0.29) is 0 Å². The molecule has 6 heteroatoms. The standard InChI is InChI=1S/C22H26N6/c1-16-5-4-6-19(14-16)27-9-11-28(12-10-27)22-25-21(15-23-26-22)24-20-8-7-17(2)13-18(20)3/h4-8,13-15H,9-12H2,1-3H3,(H,24,25,26). The summed E-state index contributed by atoms with van der Waals surface area (Å²) < 4.78 is 0. The molecule has 3 aromatic rings. The van der Waals surface area contributed by atoms with Crippen LogP contribution in [-0.2, 0) is 0 Å². The predicted molar refractivity (Wildman–Crippen MR) is 115 cm³/mol. The van der Waals surface area contributed by atoms with Crippen LogP contribution in [0.3, 0.4) is 0 Å². The molecule has 0 spiro atoms. The van der Waals surface area contributed by atoms with Gasteiger partial charge in [-0.3, -0.25) is 0 Å². The summed E-state index contributed by atoms with van der Waals surface area (Å²) >= 11 is 0. The lowest BCUT2D eigenvalue weighted by Gasteiger charge is -2.36. The summed E-state index contributed by atoms with van der Waals surface area (Å²) in [5, 5.41) is 11.8. The number of piperazine rings is 1. The first-order chi connectivity index (χ1) is 13.6. The molecule has 6 nitrogen and oxygen atoms in total. The van der Waals surface area contributed by atoms with Gasteiger partial charge < -0.3 is 15.1 Å². The van der Waals surface area contributed by atoms with E-state index in [0.717, 1.165) is 37.7 Å². The molecule has 1 N–H and O–H groups in total. The third-order valence-electron chi connectivity index (χ3n) is 5.12. The van der Waals surface area contributed by atoms with E-state index in [4.69, 9.17) is 0 Å². The summed E-state index contributed by atoms with van der Waals surface area (Å²) in [6.45, 7) is 9.97. The lowest BCUT2D eigenvalue weighted by Crippen LogP contribution is -2.47. The molecule has 0 amide bonds. The van der Waals surface area contributed by atoms with Crippen molar-refractivity contribution < 1.29 is 0 Å². The highest BCUT2D eigenvalue weighted by atomic mass is 15.4. The first kappa shape index (κ1) is 18.2. The second-order valence-electron chi connectivity index (χ2n) is 7.40. The van der Waals surface area contributed by atoms with E-state index in [2.05, 4.69) is 93.5 Å². The SMILES string of the molecule is Cc1cccc(N2CCN(c3nncc(Nc4ccc(C)cc4C)n3)CC2)c1. The highest BCUT2D eigenvalue weighted by molar-refractivity contribution is 5.61. The number of hydrogen-bond donors (Lipinski definition) is 1.